The molecule has 29 heavy (non-hydrogen) atoms. The third-order valence-corrected chi connectivity index (χ3v) is 4.48. The summed E-state index contributed by atoms with van der Waals surface area (Å²) in [5, 5.41) is 6.77. The summed E-state index contributed by atoms with van der Waals surface area (Å²) in [4.78, 5) is 8.77. The highest BCUT2D eigenvalue weighted by Gasteiger charge is 2.20. The molecule has 0 atom stereocenters. The first kappa shape index (κ1) is 21.2. The predicted molar refractivity (Wildman–Crippen MR) is 117 cm³/mol. The Morgan fingerprint density at radius 1 is 1.28 bits per heavy atom. The summed E-state index contributed by atoms with van der Waals surface area (Å²) in [5.74, 6) is 2.44. The minimum Gasteiger partial charge on any atom is -0.491 e. The van der Waals surface area contributed by atoms with Gasteiger partial charge in [-0.2, -0.15) is 0 Å². The smallest absolute Gasteiger partial charge is 0.195 e. The van der Waals surface area contributed by atoms with Crippen LogP contribution in [-0.4, -0.2) is 47.9 Å². The van der Waals surface area contributed by atoms with Gasteiger partial charge < -0.3 is 24.7 Å². The van der Waals surface area contributed by atoms with E-state index in [-0.39, 0.29) is 6.10 Å². The summed E-state index contributed by atoms with van der Waals surface area (Å²) in [6.07, 6.45) is 9.30. The number of hydrogen-bond acceptors (Lipinski definition) is 4. The number of ether oxygens (including phenoxy) is 2. The molecule has 3 rings (SSSR count). The third-order valence-electron chi connectivity index (χ3n) is 4.48. The number of guanidine groups is 1. The van der Waals surface area contributed by atoms with Crippen molar-refractivity contribution in [1.82, 2.24) is 14.9 Å². The molecule has 1 fully saturated rings. The predicted octanol–water partition coefficient (Wildman–Crippen LogP) is 3.54. The minimum absolute atomic E-state index is 0.165. The Hall–Kier alpha value is -2.54. The highest BCUT2D eigenvalue weighted by molar-refractivity contribution is 5.93. The highest BCUT2D eigenvalue weighted by atomic mass is 16.5. The summed E-state index contributed by atoms with van der Waals surface area (Å²) in [5.41, 5.74) is 0.972. The van der Waals surface area contributed by atoms with Crippen molar-refractivity contribution in [2.75, 3.05) is 31.6 Å². The molecule has 0 bridgehead atoms. The summed E-state index contributed by atoms with van der Waals surface area (Å²) in [6, 6.07) is 7.95. The van der Waals surface area contributed by atoms with Gasteiger partial charge in [0.2, 0.25) is 0 Å². The van der Waals surface area contributed by atoms with Crippen molar-refractivity contribution in [1.29, 1.82) is 0 Å². The molecule has 1 aromatic carbocycles. The van der Waals surface area contributed by atoms with E-state index in [0.717, 1.165) is 62.6 Å². The normalized spacial score (nSPS) is 14.2. The van der Waals surface area contributed by atoms with Crippen molar-refractivity contribution >= 4 is 11.6 Å². The fourth-order valence-corrected chi connectivity index (χ4v) is 2.78. The number of nitrogens with one attached hydrogen (secondary N) is 2. The van der Waals surface area contributed by atoms with Crippen LogP contribution in [0.4, 0.5) is 5.69 Å². The van der Waals surface area contributed by atoms with Crippen LogP contribution >= 0.6 is 0 Å². The lowest BCUT2D eigenvalue weighted by Crippen LogP contribution is -2.33. The van der Waals surface area contributed by atoms with Crippen LogP contribution in [0.2, 0.25) is 0 Å². The molecular weight excluding hydrogens is 366 g/mol. The molecule has 0 radical (unpaired) electrons. The van der Waals surface area contributed by atoms with E-state index < -0.39 is 0 Å². The van der Waals surface area contributed by atoms with Crippen molar-refractivity contribution in [3.05, 3.63) is 43.0 Å². The molecule has 0 amide bonds. The maximum Gasteiger partial charge on any atom is 0.195 e. The molecule has 1 saturated carbocycles. The van der Waals surface area contributed by atoms with E-state index in [0.29, 0.717) is 0 Å². The molecule has 1 aromatic heterocycles. The average molecular weight is 400 g/mol. The second-order valence-corrected chi connectivity index (χ2v) is 7.65. The summed E-state index contributed by atoms with van der Waals surface area (Å²) >= 11 is 0. The Bertz CT molecular complexity index is 724. The fraction of sp³-hybridized carbons (Fsp3) is 0.545. The molecular formula is C22H33N5O2. The number of anilines is 1. The molecule has 7 nitrogen and oxygen atoms in total. The van der Waals surface area contributed by atoms with Crippen LogP contribution in [0.15, 0.2) is 48.0 Å². The topological polar surface area (TPSA) is 72.7 Å². The molecule has 0 saturated heterocycles. The molecule has 0 aliphatic heterocycles. The van der Waals surface area contributed by atoms with Crippen LogP contribution in [0, 0.1) is 5.92 Å². The second-order valence-electron chi connectivity index (χ2n) is 7.65. The largest absolute Gasteiger partial charge is 0.491 e. The van der Waals surface area contributed by atoms with E-state index in [2.05, 4.69) is 15.6 Å². The Morgan fingerprint density at radius 3 is 2.79 bits per heavy atom. The van der Waals surface area contributed by atoms with Crippen LogP contribution in [0.5, 0.6) is 5.75 Å². The van der Waals surface area contributed by atoms with Gasteiger partial charge in [-0.3, -0.25) is 4.99 Å². The standard InChI is InChI=1S/C22H33N5O2/c1-18(2)29-21-8-6-20(7-9-21)26-22(25-12-14-27-13-11-23-17-27)24-10-3-15-28-16-19-4-5-19/h6-9,11,13,17-19H,3-5,10,12,14-16H2,1-2H3,(H2,24,25,26). The number of rotatable bonds is 12. The van der Waals surface area contributed by atoms with Gasteiger partial charge in [-0.05, 0) is 63.3 Å². The first-order chi connectivity index (χ1) is 14.2. The lowest BCUT2D eigenvalue weighted by atomic mass is 10.3. The lowest BCUT2D eigenvalue weighted by Gasteiger charge is -2.14. The van der Waals surface area contributed by atoms with Gasteiger partial charge in [0, 0.05) is 50.9 Å². The van der Waals surface area contributed by atoms with Crippen molar-refractivity contribution in [2.24, 2.45) is 10.9 Å². The van der Waals surface area contributed by atoms with Gasteiger partial charge in [0.15, 0.2) is 5.96 Å². The van der Waals surface area contributed by atoms with Crippen molar-refractivity contribution in [3.8, 4) is 5.75 Å². The molecule has 1 aliphatic carbocycles. The van der Waals surface area contributed by atoms with Crippen molar-refractivity contribution in [2.45, 2.75) is 45.8 Å². The number of benzene rings is 1. The Labute approximate surface area is 173 Å². The van der Waals surface area contributed by atoms with Gasteiger partial charge in [0.25, 0.3) is 0 Å². The van der Waals surface area contributed by atoms with Gasteiger partial charge in [0.05, 0.1) is 12.4 Å². The number of nitrogens with zero attached hydrogens (tertiary/aromatic N) is 3. The third kappa shape index (κ3) is 8.56. The van der Waals surface area contributed by atoms with E-state index in [1.807, 2.05) is 55.2 Å². The molecule has 0 spiro atoms. The van der Waals surface area contributed by atoms with E-state index in [1.54, 1.807) is 6.20 Å². The lowest BCUT2D eigenvalue weighted by molar-refractivity contribution is 0.123. The number of aliphatic imine (C=N–C) groups is 1. The number of hydrogen-bond donors (Lipinski definition) is 2. The molecule has 2 N–H and O–H groups in total. The second kappa shape index (κ2) is 11.5. The fourth-order valence-electron chi connectivity index (χ4n) is 2.78. The number of aromatic nitrogens is 2. The molecule has 1 heterocycles. The zero-order valence-corrected chi connectivity index (χ0v) is 17.5. The Morgan fingerprint density at radius 2 is 2.10 bits per heavy atom. The van der Waals surface area contributed by atoms with E-state index in [4.69, 9.17) is 14.5 Å². The Balaban J connectivity index is 1.48. The van der Waals surface area contributed by atoms with Crippen LogP contribution in [0.25, 0.3) is 0 Å². The molecule has 158 valence electrons. The van der Waals surface area contributed by atoms with Crippen LogP contribution in [0.3, 0.4) is 0 Å². The summed E-state index contributed by atoms with van der Waals surface area (Å²) < 4.78 is 13.4. The minimum atomic E-state index is 0.165. The van der Waals surface area contributed by atoms with Crippen LogP contribution in [-0.2, 0) is 11.3 Å². The maximum atomic E-state index is 5.71. The summed E-state index contributed by atoms with van der Waals surface area (Å²) in [6.45, 7) is 8.03. The van der Waals surface area contributed by atoms with Gasteiger partial charge in [0.1, 0.15) is 5.75 Å². The van der Waals surface area contributed by atoms with Gasteiger partial charge >= 0.3 is 0 Å². The molecule has 0 unspecified atom stereocenters. The first-order valence-corrected chi connectivity index (χ1v) is 10.5. The van der Waals surface area contributed by atoms with E-state index in [1.165, 1.54) is 12.8 Å². The average Bonchev–Trinajstić information content (AvgIpc) is 3.38. The molecule has 7 heteroatoms. The van der Waals surface area contributed by atoms with Gasteiger partial charge in [-0.15, -0.1) is 0 Å². The summed E-state index contributed by atoms with van der Waals surface area (Å²) in [7, 11) is 0. The van der Waals surface area contributed by atoms with Crippen molar-refractivity contribution in [3.63, 3.8) is 0 Å². The van der Waals surface area contributed by atoms with Gasteiger partial charge in [-0.1, -0.05) is 0 Å². The van der Waals surface area contributed by atoms with E-state index in [9.17, 15) is 0 Å². The van der Waals surface area contributed by atoms with Crippen LogP contribution in [0.1, 0.15) is 33.1 Å². The maximum absolute atomic E-state index is 5.71. The molecule has 1 aliphatic rings. The van der Waals surface area contributed by atoms with E-state index >= 15 is 0 Å². The Kier molecular flexibility index (Phi) is 8.37. The van der Waals surface area contributed by atoms with Crippen LogP contribution < -0.4 is 15.4 Å². The quantitative estimate of drug-likeness (QED) is 0.324. The number of imidazole rings is 1. The van der Waals surface area contributed by atoms with Gasteiger partial charge in [-0.25, -0.2) is 4.98 Å². The SMILES string of the molecule is CC(C)Oc1ccc(NC(=NCCCOCC2CC2)NCCn2ccnc2)cc1. The zero-order valence-electron chi connectivity index (χ0n) is 17.5. The highest BCUT2D eigenvalue weighted by Crippen LogP contribution is 2.28. The monoisotopic (exact) mass is 399 g/mol. The first-order valence-electron chi connectivity index (χ1n) is 10.5. The zero-order chi connectivity index (χ0) is 20.3. The van der Waals surface area contributed by atoms with Crippen molar-refractivity contribution < 1.29 is 9.47 Å². The molecule has 2 aromatic rings.